The highest BCUT2D eigenvalue weighted by atomic mass is 16.3. The summed E-state index contributed by atoms with van der Waals surface area (Å²) in [5, 5.41) is 2.30. The van der Waals surface area contributed by atoms with Gasteiger partial charge in [-0.05, 0) is 64.6 Å². The summed E-state index contributed by atoms with van der Waals surface area (Å²) in [6.45, 7) is 6.12. The molecule has 166 valence electrons. The molecule has 0 unspecified atom stereocenters. The van der Waals surface area contributed by atoms with E-state index < -0.39 is 0 Å². The van der Waals surface area contributed by atoms with Crippen molar-refractivity contribution in [2.75, 3.05) is 0 Å². The zero-order valence-electron chi connectivity index (χ0n) is 19.9. The smallest absolute Gasteiger partial charge is 0.135 e. The third-order valence-corrected chi connectivity index (χ3v) is 6.18. The molecule has 5 aromatic carbocycles. The maximum absolute atomic E-state index is 6.12. The summed E-state index contributed by atoms with van der Waals surface area (Å²) in [6, 6.07) is 40.9. The summed E-state index contributed by atoms with van der Waals surface area (Å²) in [4.78, 5) is 0. The largest absolute Gasteiger partial charge is 0.456 e. The van der Waals surface area contributed by atoms with Crippen molar-refractivity contribution in [1.29, 1.82) is 0 Å². The molecule has 1 heterocycles. The van der Waals surface area contributed by atoms with E-state index in [2.05, 4.69) is 116 Å². The zero-order chi connectivity index (χ0) is 23.5. The average molecular weight is 441 g/mol. The predicted octanol–water partition coefficient (Wildman–Crippen LogP) is 9.92. The van der Waals surface area contributed by atoms with Crippen molar-refractivity contribution in [3.8, 4) is 33.4 Å². The number of fused-ring (bicyclic) bond motifs is 3. The molecule has 0 aliphatic rings. The van der Waals surface area contributed by atoms with Crippen LogP contribution in [0.1, 0.15) is 19.4 Å². The molecule has 0 radical (unpaired) electrons. The van der Waals surface area contributed by atoms with Crippen LogP contribution in [0.15, 0.2) is 120 Å². The van der Waals surface area contributed by atoms with Gasteiger partial charge in [0, 0.05) is 10.8 Å². The third-order valence-electron chi connectivity index (χ3n) is 6.18. The van der Waals surface area contributed by atoms with E-state index in [-0.39, 0.29) is 0 Å². The first-order valence-corrected chi connectivity index (χ1v) is 11.9. The first kappa shape index (κ1) is 21.7. The van der Waals surface area contributed by atoms with Gasteiger partial charge < -0.3 is 4.42 Å². The topological polar surface area (TPSA) is 13.1 Å². The lowest BCUT2D eigenvalue weighted by Gasteiger charge is -2.06. The average Bonchev–Trinajstić information content (AvgIpc) is 3.28. The molecule has 6 aromatic rings. The number of benzene rings is 5. The molecule has 0 amide bonds. The van der Waals surface area contributed by atoms with Crippen molar-refractivity contribution < 1.29 is 4.42 Å². The zero-order valence-corrected chi connectivity index (χ0v) is 19.9. The van der Waals surface area contributed by atoms with E-state index >= 15 is 0 Å². The van der Waals surface area contributed by atoms with Crippen molar-refractivity contribution in [1.82, 2.24) is 0 Å². The number of hydrogen-bond donors (Lipinski definition) is 0. The van der Waals surface area contributed by atoms with Crippen LogP contribution < -0.4 is 0 Å². The number of rotatable bonds is 3. The standard InChI is InChI=1S/C31H22O.C2H6/c1-21-7-9-23(10-8-21)24-11-13-25(14-12-24)27-16-18-31-29(20-27)28-19-26(15-17-30(28)32-31)22-5-3-2-4-6-22;1-2/h2-20H,1H3;1-2H3. The van der Waals surface area contributed by atoms with E-state index in [1.807, 2.05) is 19.9 Å². The van der Waals surface area contributed by atoms with Crippen molar-refractivity contribution >= 4 is 21.9 Å². The van der Waals surface area contributed by atoms with Gasteiger partial charge in [0.1, 0.15) is 11.2 Å². The maximum Gasteiger partial charge on any atom is 0.135 e. The number of hydrogen-bond acceptors (Lipinski definition) is 1. The Balaban J connectivity index is 0.00000117. The van der Waals surface area contributed by atoms with Gasteiger partial charge in [0.05, 0.1) is 0 Å². The summed E-state index contributed by atoms with van der Waals surface area (Å²) < 4.78 is 6.12. The minimum absolute atomic E-state index is 0.922. The summed E-state index contributed by atoms with van der Waals surface area (Å²) in [7, 11) is 0. The molecule has 1 aromatic heterocycles. The molecule has 1 heteroatoms. The van der Waals surface area contributed by atoms with E-state index in [1.165, 1.54) is 38.9 Å². The minimum atomic E-state index is 0.922. The van der Waals surface area contributed by atoms with Crippen LogP contribution in [0.3, 0.4) is 0 Å². The third kappa shape index (κ3) is 4.13. The summed E-state index contributed by atoms with van der Waals surface area (Å²) in [5.74, 6) is 0. The van der Waals surface area contributed by atoms with Gasteiger partial charge in [-0.15, -0.1) is 0 Å². The van der Waals surface area contributed by atoms with Gasteiger partial charge in [-0.1, -0.05) is 110 Å². The highest BCUT2D eigenvalue weighted by molar-refractivity contribution is 6.07. The predicted molar refractivity (Wildman–Crippen MR) is 146 cm³/mol. The quantitative estimate of drug-likeness (QED) is 0.267. The van der Waals surface area contributed by atoms with Crippen LogP contribution in [-0.4, -0.2) is 0 Å². The Hall–Kier alpha value is -4.10. The lowest BCUT2D eigenvalue weighted by Crippen LogP contribution is -1.81. The molecular weight excluding hydrogens is 412 g/mol. The van der Waals surface area contributed by atoms with Crippen molar-refractivity contribution in [3.05, 3.63) is 121 Å². The van der Waals surface area contributed by atoms with Gasteiger partial charge in [0.2, 0.25) is 0 Å². The van der Waals surface area contributed by atoms with Gasteiger partial charge in [-0.3, -0.25) is 0 Å². The van der Waals surface area contributed by atoms with Crippen LogP contribution in [0.2, 0.25) is 0 Å². The monoisotopic (exact) mass is 440 g/mol. The molecule has 0 aliphatic carbocycles. The molecule has 0 aliphatic heterocycles. The SMILES string of the molecule is CC.Cc1ccc(-c2ccc(-c3ccc4oc5ccc(-c6ccccc6)cc5c4c3)cc2)cc1. The second-order valence-corrected chi connectivity index (χ2v) is 8.33. The Kier molecular flexibility index (Phi) is 6.01. The second kappa shape index (κ2) is 9.41. The molecular formula is C33H28O. The van der Waals surface area contributed by atoms with Gasteiger partial charge in [-0.2, -0.15) is 0 Å². The minimum Gasteiger partial charge on any atom is -0.456 e. The van der Waals surface area contributed by atoms with E-state index in [4.69, 9.17) is 4.42 Å². The molecule has 0 spiro atoms. The van der Waals surface area contributed by atoms with Gasteiger partial charge in [-0.25, -0.2) is 0 Å². The summed E-state index contributed by atoms with van der Waals surface area (Å²) in [6.07, 6.45) is 0. The van der Waals surface area contributed by atoms with Crippen molar-refractivity contribution in [3.63, 3.8) is 0 Å². The van der Waals surface area contributed by atoms with Crippen LogP contribution in [0.5, 0.6) is 0 Å². The molecule has 34 heavy (non-hydrogen) atoms. The fourth-order valence-corrected chi connectivity index (χ4v) is 4.37. The normalized spacial score (nSPS) is 10.8. The Labute approximate surface area is 201 Å². The molecule has 6 rings (SSSR count). The lowest BCUT2D eigenvalue weighted by atomic mass is 9.98. The molecule has 0 saturated carbocycles. The van der Waals surface area contributed by atoms with Crippen LogP contribution in [0, 0.1) is 6.92 Å². The molecule has 0 fully saturated rings. The molecule has 0 saturated heterocycles. The number of aryl methyl sites for hydroxylation is 1. The van der Waals surface area contributed by atoms with Crippen molar-refractivity contribution in [2.24, 2.45) is 0 Å². The van der Waals surface area contributed by atoms with Crippen LogP contribution in [0.4, 0.5) is 0 Å². The van der Waals surface area contributed by atoms with Crippen molar-refractivity contribution in [2.45, 2.75) is 20.8 Å². The Morgan fingerprint density at radius 2 is 0.794 bits per heavy atom. The maximum atomic E-state index is 6.12. The highest BCUT2D eigenvalue weighted by Crippen LogP contribution is 2.35. The number of furan rings is 1. The van der Waals surface area contributed by atoms with Crippen LogP contribution in [0.25, 0.3) is 55.3 Å². The van der Waals surface area contributed by atoms with Crippen LogP contribution >= 0.6 is 0 Å². The molecule has 1 nitrogen and oxygen atoms in total. The van der Waals surface area contributed by atoms with E-state index in [0.29, 0.717) is 0 Å². The fourth-order valence-electron chi connectivity index (χ4n) is 4.37. The van der Waals surface area contributed by atoms with E-state index in [9.17, 15) is 0 Å². The molecule has 0 bridgehead atoms. The second-order valence-electron chi connectivity index (χ2n) is 8.33. The first-order valence-electron chi connectivity index (χ1n) is 11.9. The Bertz CT molecular complexity index is 1540. The molecule has 0 N–H and O–H groups in total. The van der Waals surface area contributed by atoms with Crippen LogP contribution in [-0.2, 0) is 0 Å². The Morgan fingerprint density at radius 1 is 0.412 bits per heavy atom. The fraction of sp³-hybridized carbons (Fsp3) is 0.0909. The lowest BCUT2D eigenvalue weighted by molar-refractivity contribution is 0.669. The highest BCUT2D eigenvalue weighted by Gasteiger charge is 2.10. The van der Waals surface area contributed by atoms with Gasteiger partial charge in [0.15, 0.2) is 0 Å². The molecule has 0 atom stereocenters. The Morgan fingerprint density at radius 3 is 1.29 bits per heavy atom. The van der Waals surface area contributed by atoms with E-state index in [1.54, 1.807) is 0 Å². The first-order chi connectivity index (χ1) is 16.7. The van der Waals surface area contributed by atoms with E-state index in [0.717, 1.165) is 21.9 Å². The van der Waals surface area contributed by atoms with Gasteiger partial charge >= 0.3 is 0 Å². The summed E-state index contributed by atoms with van der Waals surface area (Å²) >= 11 is 0. The summed E-state index contributed by atoms with van der Waals surface area (Å²) in [5.41, 5.74) is 10.4. The van der Waals surface area contributed by atoms with Gasteiger partial charge in [0.25, 0.3) is 0 Å².